The highest BCUT2D eigenvalue weighted by molar-refractivity contribution is 7.93. The minimum absolute atomic E-state index is 0.0784. The molecule has 1 N–H and O–H groups in total. The summed E-state index contributed by atoms with van der Waals surface area (Å²) in [7, 11) is -4.27. The summed E-state index contributed by atoms with van der Waals surface area (Å²) < 4.78 is 39.1. The molecule has 0 radical (unpaired) electrons. The molecule has 0 saturated heterocycles. The van der Waals surface area contributed by atoms with E-state index in [2.05, 4.69) is 18.8 Å². The van der Waals surface area contributed by atoms with E-state index >= 15 is 0 Å². The smallest absolute Gasteiger partial charge is 0.341 e. The molecular formula is C31H32Cl2N2O7S2. The Hall–Kier alpha value is -3.38. The molecule has 1 aromatic heterocycles. The minimum Gasteiger partial charge on any atom is -0.462 e. The number of hydrogen-bond acceptors (Lipinski definition) is 8. The van der Waals surface area contributed by atoms with E-state index in [9.17, 15) is 22.8 Å². The van der Waals surface area contributed by atoms with Gasteiger partial charge in [0.05, 0.1) is 35.0 Å². The largest absolute Gasteiger partial charge is 0.462 e. The molecule has 2 atom stereocenters. The Morgan fingerprint density at radius 3 is 2.52 bits per heavy atom. The van der Waals surface area contributed by atoms with Crippen LogP contribution in [0.4, 0.5) is 10.7 Å². The van der Waals surface area contributed by atoms with Gasteiger partial charge >= 0.3 is 11.9 Å². The van der Waals surface area contributed by atoms with Gasteiger partial charge in [-0.1, -0.05) is 36.2 Å². The lowest BCUT2D eigenvalue weighted by Gasteiger charge is -2.24. The molecular weight excluding hydrogens is 647 g/mol. The Bertz CT molecular complexity index is 1690. The van der Waals surface area contributed by atoms with Gasteiger partial charge in [-0.3, -0.25) is 9.10 Å². The van der Waals surface area contributed by atoms with Crippen molar-refractivity contribution in [1.82, 2.24) is 0 Å². The Balaban J connectivity index is 1.55. The normalized spacial score (nSPS) is 15.1. The van der Waals surface area contributed by atoms with Gasteiger partial charge in [0.1, 0.15) is 9.90 Å². The van der Waals surface area contributed by atoms with Gasteiger partial charge in [-0.05, 0) is 87.1 Å². The van der Waals surface area contributed by atoms with Crippen LogP contribution in [0.1, 0.15) is 58.3 Å². The number of ether oxygens (including phenoxy) is 2. The fraction of sp³-hybridized carbons (Fsp3) is 0.323. The first-order chi connectivity index (χ1) is 20.9. The third kappa shape index (κ3) is 7.28. The molecule has 13 heteroatoms. The molecule has 4 rings (SSSR count). The van der Waals surface area contributed by atoms with E-state index in [0.717, 1.165) is 33.7 Å². The number of carbonyl (C=O) groups is 3. The van der Waals surface area contributed by atoms with Crippen molar-refractivity contribution in [3.05, 3.63) is 86.7 Å². The summed E-state index contributed by atoms with van der Waals surface area (Å²) in [6.07, 6.45) is 2.54. The Labute approximate surface area is 270 Å². The molecule has 1 aliphatic carbocycles. The molecule has 1 amide bonds. The Morgan fingerprint density at radius 1 is 1.16 bits per heavy atom. The van der Waals surface area contributed by atoms with Crippen LogP contribution in [0.5, 0.6) is 0 Å². The SMILES string of the molecule is C=CCN(c1ccc(Cl)cc1)S(=O)(=O)c1cc(C(=O)OC(C)C(=O)Nc2sc3c(c2C(=O)OCC)CCC(C)C3)ccc1Cl. The van der Waals surface area contributed by atoms with Gasteiger partial charge in [-0.25, -0.2) is 18.0 Å². The van der Waals surface area contributed by atoms with Gasteiger partial charge in [0.15, 0.2) is 6.10 Å². The average molecular weight is 680 g/mol. The van der Waals surface area contributed by atoms with Crippen molar-refractivity contribution in [3.63, 3.8) is 0 Å². The Morgan fingerprint density at radius 2 is 1.86 bits per heavy atom. The molecule has 1 heterocycles. The molecule has 0 spiro atoms. The summed E-state index contributed by atoms with van der Waals surface area (Å²) in [6.45, 7) is 8.97. The van der Waals surface area contributed by atoms with Crippen molar-refractivity contribution in [2.45, 2.75) is 51.0 Å². The van der Waals surface area contributed by atoms with Crippen LogP contribution >= 0.6 is 34.5 Å². The second-order valence-electron chi connectivity index (χ2n) is 10.3. The predicted octanol–water partition coefficient (Wildman–Crippen LogP) is 6.92. The summed E-state index contributed by atoms with van der Waals surface area (Å²) in [5.74, 6) is -1.66. The van der Waals surface area contributed by atoms with E-state index < -0.39 is 34.0 Å². The molecule has 2 unspecified atom stereocenters. The van der Waals surface area contributed by atoms with E-state index in [1.807, 2.05) is 0 Å². The van der Waals surface area contributed by atoms with Crippen LogP contribution in [0.25, 0.3) is 0 Å². The zero-order chi connectivity index (χ0) is 32.2. The number of thiophene rings is 1. The average Bonchev–Trinajstić information content (AvgIpc) is 3.33. The Kier molecular flexibility index (Phi) is 10.8. The molecule has 0 aliphatic heterocycles. The maximum Gasteiger partial charge on any atom is 0.341 e. The molecule has 0 fully saturated rings. The molecule has 44 heavy (non-hydrogen) atoms. The monoisotopic (exact) mass is 678 g/mol. The van der Waals surface area contributed by atoms with Gasteiger partial charge in [0.25, 0.3) is 15.9 Å². The standard InChI is InChI=1S/C31H32Cl2N2O7S2/c1-5-15-35(22-11-9-21(32)10-12-22)44(39,40)26-17-20(8-14-24(26)33)30(37)42-19(4)28(36)34-29-27(31(38)41-6-2)23-13-7-18(3)16-25(23)43-29/h5,8-12,14,17-19H,1,6-7,13,15-16H2,2-4H3,(H,34,36). The maximum absolute atomic E-state index is 13.7. The molecule has 0 saturated carbocycles. The number of nitrogens with one attached hydrogen (secondary N) is 1. The number of fused-ring (bicyclic) bond motifs is 1. The zero-order valence-electron chi connectivity index (χ0n) is 24.4. The zero-order valence-corrected chi connectivity index (χ0v) is 27.5. The fourth-order valence-electron chi connectivity index (χ4n) is 4.77. The van der Waals surface area contributed by atoms with Crippen LogP contribution in [0.2, 0.25) is 10.0 Å². The van der Waals surface area contributed by atoms with Gasteiger partial charge in [-0.2, -0.15) is 0 Å². The lowest BCUT2D eigenvalue weighted by Crippen LogP contribution is -2.32. The number of esters is 2. The number of sulfonamides is 1. The van der Waals surface area contributed by atoms with Crippen molar-refractivity contribution >= 4 is 73.1 Å². The highest BCUT2D eigenvalue weighted by atomic mass is 35.5. The van der Waals surface area contributed by atoms with Crippen LogP contribution in [-0.4, -0.2) is 45.5 Å². The van der Waals surface area contributed by atoms with Crippen molar-refractivity contribution < 1.29 is 32.3 Å². The van der Waals surface area contributed by atoms with Crippen molar-refractivity contribution in [2.24, 2.45) is 5.92 Å². The van der Waals surface area contributed by atoms with Gasteiger partial charge < -0.3 is 14.8 Å². The minimum atomic E-state index is -4.27. The predicted molar refractivity (Wildman–Crippen MR) is 173 cm³/mol. The summed E-state index contributed by atoms with van der Waals surface area (Å²) >= 11 is 13.6. The van der Waals surface area contributed by atoms with Crippen LogP contribution in [-0.2, 0) is 37.1 Å². The summed E-state index contributed by atoms with van der Waals surface area (Å²) in [6, 6.07) is 9.84. The second-order valence-corrected chi connectivity index (χ2v) is 14.0. The van der Waals surface area contributed by atoms with Crippen LogP contribution in [0, 0.1) is 5.92 Å². The van der Waals surface area contributed by atoms with Gasteiger partial charge in [0, 0.05) is 9.90 Å². The van der Waals surface area contributed by atoms with Gasteiger partial charge in [0.2, 0.25) is 0 Å². The molecule has 3 aromatic rings. The van der Waals surface area contributed by atoms with E-state index in [0.29, 0.717) is 33.6 Å². The highest BCUT2D eigenvalue weighted by Crippen LogP contribution is 2.40. The maximum atomic E-state index is 13.7. The number of carbonyl (C=O) groups excluding carboxylic acids is 3. The first-order valence-electron chi connectivity index (χ1n) is 13.9. The number of hydrogen-bond donors (Lipinski definition) is 1. The summed E-state index contributed by atoms with van der Waals surface area (Å²) in [5, 5.41) is 3.39. The molecule has 1 aliphatic rings. The topological polar surface area (TPSA) is 119 Å². The highest BCUT2D eigenvalue weighted by Gasteiger charge is 2.31. The van der Waals surface area contributed by atoms with Crippen molar-refractivity contribution in [1.29, 1.82) is 0 Å². The number of amides is 1. The van der Waals surface area contributed by atoms with Crippen molar-refractivity contribution in [3.8, 4) is 0 Å². The molecule has 2 aromatic carbocycles. The van der Waals surface area contributed by atoms with Crippen LogP contribution in [0.15, 0.2) is 60.0 Å². The third-order valence-corrected chi connectivity index (χ3v) is 10.7. The number of rotatable bonds is 11. The van der Waals surface area contributed by atoms with Gasteiger partial charge in [-0.15, -0.1) is 17.9 Å². The van der Waals surface area contributed by atoms with E-state index in [-0.39, 0.29) is 28.6 Å². The van der Waals surface area contributed by atoms with Crippen molar-refractivity contribution in [2.75, 3.05) is 22.8 Å². The molecule has 234 valence electrons. The first kappa shape index (κ1) is 33.5. The van der Waals surface area contributed by atoms with Crippen LogP contribution < -0.4 is 9.62 Å². The van der Waals surface area contributed by atoms with E-state index in [4.69, 9.17) is 32.7 Å². The van der Waals surface area contributed by atoms with Crippen LogP contribution in [0.3, 0.4) is 0 Å². The van der Waals surface area contributed by atoms with E-state index in [1.165, 1.54) is 48.6 Å². The summed E-state index contributed by atoms with van der Waals surface area (Å²) in [4.78, 5) is 39.7. The molecule has 0 bridgehead atoms. The third-order valence-electron chi connectivity index (χ3n) is 7.03. The fourth-order valence-corrected chi connectivity index (χ4v) is 8.23. The second kappa shape index (κ2) is 14.2. The number of benzene rings is 2. The quantitative estimate of drug-likeness (QED) is 0.173. The number of anilines is 2. The lowest BCUT2D eigenvalue weighted by atomic mass is 9.88. The molecule has 9 nitrogen and oxygen atoms in total. The lowest BCUT2D eigenvalue weighted by molar-refractivity contribution is -0.123. The number of nitrogens with zero attached hydrogens (tertiary/aromatic N) is 1. The first-order valence-corrected chi connectivity index (χ1v) is 16.9. The van der Waals surface area contributed by atoms with E-state index in [1.54, 1.807) is 19.1 Å². The number of halogens is 2. The summed E-state index contributed by atoms with van der Waals surface area (Å²) in [5.41, 5.74) is 1.40.